The first-order chi connectivity index (χ1) is 8.33. The molecule has 96 valence electrons. The van der Waals surface area contributed by atoms with Crippen molar-refractivity contribution in [1.82, 2.24) is 10.3 Å². The number of thiophene rings is 1. The molecular formula is C11H12ClN3OS2. The maximum Gasteiger partial charge on any atom is 0.267 e. The molecule has 0 atom stereocenters. The molecule has 0 fully saturated rings. The van der Waals surface area contributed by atoms with Crippen molar-refractivity contribution in [2.24, 2.45) is 0 Å². The zero-order chi connectivity index (χ0) is 11.7. The minimum absolute atomic E-state index is 0. The van der Waals surface area contributed by atoms with Crippen LogP contribution in [0.1, 0.15) is 20.2 Å². The number of fused-ring (bicyclic) bond motifs is 1. The number of nitrogens with one attached hydrogen (secondary N) is 2. The summed E-state index contributed by atoms with van der Waals surface area (Å²) in [5.74, 6) is -0.0703. The Morgan fingerprint density at radius 2 is 2.39 bits per heavy atom. The maximum absolute atomic E-state index is 11.8. The molecule has 0 saturated carbocycles. The first-order valence-electron chi connectivity index (χ1n) is 5.37. The summed E-state index contributed by atoms with van der Waals surface area (Å²) in [6.07, 6.45) is 0.945. The second-order valence-electron chi connectivity index (χ2n) is 3.75. The summed E-state index contributed by atoms with van der Waals surface area (Å²) in [6, 6.07) is 3.69. The second kappa shape index (κ2) is 5.79. The molecule has 1 aliphatic heterocycles. The van der Waals surface area contributed by atoms with Crippen LogP contribution in [0.4, 0.5) is 5.13 Å². The molecule has 0 aliphatic carbocycles. The zero-order valence-corrected chi connectivity index (χ0v) is 11.9. The van der Waals surface area contributed by atoms with E-state index in [0.29, 0.717) is 5.13 Å². The lowest BCUT2D eigenvalue weighted by atomic mass is 10.2. The van der Waals surface area contributed by atoms with Gasteiger partial charge in [-0.3, -0.25) is 10.1 Å². The Labute approximate surface area is 119 Å². The van der Waals surface area contributed by atoms with Gasteiger partial charge < -0.3 is 5.32 Å². The van der Waals surface area contributed by atoms with Gasteiger partial charge >= 0.3 is 0 Å². The van der Waals surface area contributed by atoms with Crippen LogP contribution in [0, 0.1) is 0 Å². The number of amides is 1. The lowest BCUT2D eigenvalue weighted by Crippen LogP contribution is -2.22. The van der Waals surface area contributed by atoms with Crippen molar-refractivity contribution in [1.29, 1.82) is 0 Å². The van der Waals surface area contributed by atoms with Gasteiger partial charge in [0.25, 0.3) is 5.91 Å². The van der Waals surface area contributed by atoms with Crippen LogP contribution in [-0.2, 0) is 13.0 Å². The topological polar surface area (TPSA) is 54.0 Å². The minimum Gasteiger partial charge on any atom is -0.311 e. The Morgan fingerprint density at radius 1 is 1.50 bits per heavy atom. The number of halogens is 1. The summed E-state index contributed by atoms with van der Waals surface area (Å²) >= 11 is 3.00. The highest BCUT2D eigenvalue weighted by molar-refractivity contribution is 7.16. The van der Waals surface area contributed by atoms with Crippen molar-refractivity contribution in [3.05, 3.63) is 33.0 Å². The van der Waals surface area contributed by atoms with Crippen LogP contribution in [0.3, 0.4) is 0 Å². The van der Waals surface area contributed by atoms with E-state index >= 15 is 0 Å². The Kier molecular flexibility index (Phi) is 4.34. The van der Waals surface area contributed by atoms with Gasteiger partial charge in [-0.15, -0.1) is 35.1 Å². The van der Waals surface area contributed by atoms with Crippen LogP contribution in [0.5, 0.6) is 0 Å². The normalized spacial score (nSPS) is 13.6. The van der Waals surface area contributed by atoms with E-state index in [0.717, 1.165) is 30.1 Å². The fourth-order valence-corrected chi connectivity index (χ4v) is 3.34. The van der Waals surface area contributed by atoms with Gasteiger partial charge in [0.05, 0.1) is 10.6 Å². The number of hydrogen-bond acceptors (Lipinski definition) is 5. The highest BCUT2D eigenvalue weighted by atomic mass is 35.5. The van der Waals surface area contributed by atoms with E-state index in [1.54, 1.807) is 11.3 Å². The average Bonchev–Trinajstić information content (AvgIpc) is 2.97. The van der Waals surface area contributed by atoms with Gasteiger partial charge in [0.1, 0.15) is 0 Å². The van der Waals surface area contributed by atoms with E-state index in [4.69, 9.17) is 0 Å². The highest BCUT2D eigenvalue weighted by Gasteiger charge is 2.16. The molecule has 1 amide bonds. The molecule has 3 heterocycles. The van der Waals surface area contributed by atoms with Crippen LogP contribution in [0.2, 0.25) is 0 Å². The smallest absolute Gasteiger partial charge is 0.267 e. The number of carbonyl (C=O) groups is 1. The summed E-state index contributed by atoms with van der Waals surface area (Å²) in [6.45, 7) is 1.83. The average molecular weight is 302 g/mol. The van der Waals surface area contributed by atoms with E-state index in [1.165, 1.54) is 16.2 Å². The first kappa shape index (κ1) is 13.5. The molecule has 1 aliphatic rings. The minimum atomic E-state index is -0.0703. The summed E-state index contributed by atoms with van der Waals surface area (Å²) in [5, 5.41) is 8.75. The molecule has 4 nitrogen and oxygen atoms in total. The molecular weight excluding hydrogens is 290 g/mol. The SMILES string of the molecule is Cl.O=C(Nc1nc2c(s1)CNCC2)c1cccs1. The Balaban J connectivity index is 0.00000120. The van der Waals surface area contributed by atoms with Gasteiger partial charge in [0.2, 0.25) is 0 Å². The summed E-state index contributed by atoms with van der Waals surface area (Å²) < 4.78 is 0. The third kappa shape index (κ3) is 2.72. The van der Waals surface area contributed by atoms with E-state index in [2.05, 4.69) is 15.6 Å². The lowest BCUT2D eigenvalue weighted by molar-refractivity contribution is 0.103. The molecule has 3 rings (SSSR count). The molecule has 2 aromatic heterocycles. The van der Waals surface area contributed by atoms with E-state index < -0.39 is 0 Å². The molecule has 18 heavy (non-hydrogen) atoms. The number of carbonyl (C=O) groups excluding carboxylic acids is 1. The third-order valence-corrected chi connectivity index (χ3v) is 4.45. The molecule has 0 saturated heterocycles. The van der Waals surface area contributed by atoms with Gasteiger partial charge in [0, 0.05) is 24.4 Å². The molecule has 2 N–H and O–H groups in total. The van der Waals surface area contributed by atoms with Gasteiger partial charge in [-0.05, 0) is 11.4 Å². The highest BCUT2D eigenvalue weighted by Crippen LogP contribution is 2.26. The molecule has 0 aromatic carbocycles. The summed E-state index contributed by atoms with van der Waals surface area (Å²) in [4.78, 5) is 18.2. The van der Waals surface area contributed by atoms with E-state index in [-0.39, 0.29) is 18.3 Å². The number of aromatic nitrogens is 1. The van der Waals surface area contributed by atoms with Gasteiger partial charge in [-0.1, -0.05) is 6.07 Å². The fourth-order valence-electron chi connectivity index (χ4n) is 1.75. The lowest BCUT2D eigenvalue weighted by Gasteiger charge is -2.09. The number of nitrogens with zero attached hydrogens (tertiary/aromatic N) is 1. The predicted octanol–water partition coefficient (Wildman–Crippen LogP) is 2.52. The molecule has 7 heteroatoms. The number of hydrogen-bond donors (Lipinski definition) is 2. The molecule has 0 spiro atoms. The van der Waals surface area contributed by atoms with Crippen LogP contribution in [0.15, 0.2) is 17.5 Å². The summed E-state index contributed by atoms with van der Waals surface area (Å²) in [7, 11) is 0. The van der Waals surface area contributed by atoms with Gasteiger partial charge in [0.15, 0.2) is 5.13 Å². The van der Waals surface area contributed by atoms with Crippen molar-refractivity contribution in [2.45, 2.75) is 13.0 Å². The van der Waals surface area contributed by atoms with Crippen LogP contribution >= 0.6 is 35.1 Å². The Morgan fingerprint density at radius 3 is 3.11 bits per heavy atom. The summed E-state index contributed by atoms with van der Waals surface area (Å²) in [5.41, 5.74) is 1.12. The van der Waals surface area contributed by atoms with Crippen molar-refractivity contribution in [2.75, 3.05) is 11.9 Å². The monoisotopic (exact) mass is 301 g/mol. The van der Waals surface area contributed by atoms with Crippen molar-refractivity contribution in [3.63, 3.8) is 0 Å². The van der Waals surface area contributed by atoms with Crippen molar-refractivity contribution in [3.8, 4) is 0 Å². The number of rotatable bonds is 2. The van der Waals surface area contributed by atoms with Crippen molar-refractivity contribution < 1.29 is 4.79 Å². The maximum atomic E-state index is 11.8. The second-order valence-corrected chi connectivity index (χ2v) is 5.78. The zero-order valence-electron chi connectivity index (χ0n) is 9.43. The van der Waals surface area contributed by atoms with Gasteiger partial charge in [-0.2, -0.15) is 0 Å². The molecule has 0 radical (unpaired) electrons. The largest absolute Gasteiger partial charge is 0.311 e. The number of anilines is 1. The van der Waals surface area contributed by atoms with E-state index in [9.17, 15) is 4.79 Å². The van der Waals surface area contributed by atoms with Crippen molar-refractivity contribution >= 4 is 46.1 Å². The Bertz CT molecular complexity index is 515. The Hall–Kier alpha value is -0.950. The number of thiazole rings is 1. The molecule has 0 unspecified atom stereocenters. The predicted molar refractivity (Wildman–Crippen MR) is 77.0 cm³/mol. The standard InChI is InChI=1S/C11H11N3OS2.ClH/c15-10(8-2-1-5-16-8)14-11-13-7-3-4-12-6-9(7)17-11;/h1-2,5,12H,3-4,6H2,(H,13,14,15);1H. The third-order valence-electron chi connectivity index (χ3n) is 2.57. The van der Waals surface area contributed by atoms with E-state index in [1.807, 2.05) is 17.5 Å². The van der Waals surface area contributed by atoms with Crippen LogP contribution < -0.4 is 10.6 Å². The quantitative estimate of drug-likeness (QED) is 0.896. The molecule has 2 aromatic rings. The van der Waals surface area contributed by atoms with Gasteiger partial charge in [-0.25, -0.2) is 4.98 Å². The van der Waals surface area contributed by atoms with Crippen LogP contribution in [0.25, 0.3) is 0 Å². The van der Waals surface area contributed by atoms with Crippen LogP contribution in [-0.4, -0.2) is 17.4 Å². The first-order valence-corrected chi connectivity index (χ1v) is 7.07. The molecule has 0 bridgehead atoms. The fraction of sp³-hybridized carbons (Fsp3) is 0.273.